The van der Waals surface area contributed by atoms with Crippen LogP contribution in [0.5, 0.6) is 11.5 Å². The van der Waals surface area contributed by atoms with Crippen molar-refractivity contribution in [1.82, 2.24) is 0 Å². The summed E-state index contributed by atoms with van der Waals surface area (Å²) in [6, 6.07) is 6.01. The summed E-state index contributed by atoms with van der Waals surface area (Å²) in [6.45, 7) is 4.15. The van der Waals surface area contributed by atoms with Crippen LogP contribution in [0.25, 0.3) is 0 Å². The first-order chi connectivity index (χ1) is 6.78. The van der Waals surface area contributed by atoms with E-state index in [-0.39, 0.29) is 5.60 Å². The number of hydrogen-bond acceptors (Lipinski definition) is 3. The fraction of sp³-hybridized carbons (Fsp3) is 0.455. The number of ether oxygens (including phenoxy) is 3. The van der Waals surface area contributed by atoms with Gasteiger partial charge in [-0.3, -0.25) is 0 Å². The molecule has 2 heterocycles. The van der Waals surface area contributed by atoms with Crippen LogP contribution in [0.4, 0.5) is 0 Å². The maximum Gasteiger partial charge on any atom is 0.161 e. The van der Waals surface area contributed by atoms with Crippen molar-refractivity contribution in [2.24, 2.45) is 0 Å². The van der Waals surface area contributed by atoms with Gasteiger partial charge in [0.15, 0.2) is 11.5 Å². The molecule has 0 aromatic heterocycles. The second-order valence-electron chi connectivity index (χ2n) is 3.88. The van der Waals surface area contributed by atoms with Crippen molar-refractivity contribution in [3.05, 3.63) is 23.8 Å². The van der Waals surface area contributed by atoms with Crippen LogP contribution < -0.4 is 9.47 Å². The minimum atomic E-state index is -0.0875. The first-order valence-electron chi connectivity index (χ1n) is 4.82. The van der Waals surface area contributed by atoms with E-state index in [1.807, 2.05) is 18.2 Å². The van der Waals surface area contributed by atoms with E-state index in [9.17, 15) is 0 Å². The van der Waals surface area contributed by atoms with Crippen molar-refractivity contribution in [1.29, 1.82) is 0 Å². The van der Waals surface area contributed by atoms with Crippen LogP contribution in [0, 0.1) is 0 Å². The van der Waals surface area contributed by atoms with E-state index in [2.05, 4.69) is 6.92 Å². The molecule has 1 unspecified atom stereocenters. The third-order valence-electron chi connectivity index (χ3n) is 2.73. The van der Waals surface area contributed by atoms with Gasteiger partial charge in [0.25, 0.3) is 0 Å². The zero-order chi connectivity index (χ0) is 9.60. The Hall–Kier alpha value is -1.22. The fourth-order valence-electron chi connectivity index (χ4n) is 1.65. The lowest BCUT2D eigenvalue weighted by Crippen LogP contribution is -2.16. The topological polar surface area (TPSA) is 31.0 Å². The Morgan fingerprint density at radius 3 is 2.57 bits per heavy atom. The minimum absolute atomic E-state index is 0.0875. The van der Waals surface area contributed by atoms with Crippen LogP contribution in [0.15, 0.2) is 18.2 Å². The molecular formula is C11H12O3. The standard InChI is InChI=1S/C11H12O3/c1-11(7-14-11)8-2-3-9-10(6-8)13-5-4-12-9/h2-3,6H,4-5,7H2,1H3. The summed E-state index contributed by atoms with van der Waals surface area (Å²) in [5.41, 5.74) is 1.08. The summed E-state index contributed by atoms with van der Waals surface area (Å²) >= 11 is 0. The molecule has 1 saturated heterocycles. The largest absolute Gasteiger partial charge is 0.486 e. The summed E-state index contributed by atoms with van der Waals surface area (Å²) in [6.07, 6.45) is 0. The van der Waals surface area contributed by atoms with Gasteiger partial charge < -0.3 is 14.2 Å². The second kappa shape index (κ2) is 2.64. The van der Waals surface area contributed by atoms with Crippen molar-refractivity contribution in [2.75, 3.05) is 19.8 Å². The van der Waals surface area contributed by atoms with Crippen LogP contribution in [0.1, 0.15) is 12.5 Å². The molecule has 1 atom stereocenters. The lowest BCUT2D eigenvalue weighted by molar-refractivity contribution is 0.171. The highest BCUT2D eigenvalue weighted by Gasteiger charge is 2.41. The monoisotopic (exact) mass is 192 g/mol. The number of benzene rings is 1. The summed E-state index contributed by atoms with van der Waals surface area (Å²) in [5, 5.41) is 0. The van der Waals surface area contributed by atoms with Gasteiger partial charge in [-0.2, -0.15) is 0 Å². The molecular weight excluding hydrogens is 180 g/mol. The molecule has 0 N–H and O–H groups in total. The van der Waals surface area contributed by atoms with Gasteiger partial charge >= 0.3 is 0 Å². The highest BCUT2D eigenvalue weighted by atomic mass is 16.6. The molecule has 1 fully saturated rings. The molecule has 0 aliphatic carbocycles. The van der Waals surface area contributed by atoms with Crippen molar-refractivity contribution in [3.63, 3.8) is 0 Å². The van der Waals surface area contributed by atoms with Gasteiger partial charge in [-0.15, -0.1) is 0 Å². The van der Waals surface area contributed by atoms with Gasteiger partial charge in [-0.1, -0.05) is 6.07 Å². The molecule has 3 nitrogen and oxygen atoms in total. The molecule has 3 heteroatoms. The van der Waals surface area contributed by atoms with Gasteiger partial charge in [-0.25, -0.2) is 0 Å². The molecule has 14 heavy (non-hydrogen) atoms. The summed E-state index contributed by atoms with van der Waals surface area (Å²) in [4.78, 5) is 0. The molecule has 0 saturated carbocycles. The third-order valence-corrected chi connectivity index (χ3v) is 2.73. The molecule has 0 radical (unpaired) electrons. The van der Waals surface area contributed by atoms with Gasteiger partial charge in [0.1, 0.15) is 18.8 Å². The van der Waals surface area contributed by atoms with E-state index in [4.69, 9.17) is 14.2 Å². The molecule has 2 aliphatic rings. The second-order valence-corrected chi connectivity index (χ2v) is 3.88. The average Bonchev–Trinajstić information content (AvgIpc) is 2.97. The minimum Gasteiger partial charge on any atom is -0.486 e. The first kappa shape index (κ1) is 8.12. The zero-order valence-corrected chi connectivity index (χ0v) is 8.08. The van der Waals surface area contributed by atoms with Gasteiger partial charge in [0, 0.05) is 0 Å². The maximum absolute atomic E-state index is 5.51. The summed E-state index contributed by atoms with van der Waals surface area (Å²) in [5.74, 6) is 1.68. The Morgan fingerprint density at radius 1 is 1.14 bits per heavy atom. The predicted octanol–water partition coefficient (Wildman–Crippen LogP) is 1.70. The molecule has 0 bridgehead atoms. The van der Waals surface area contributed by atoms with Crippen molar-refractivity contribution < 1.29 is 14.2 Å². The highest BCUT2D eigenvalue weighted by molar-refractivity contribution is 5.46. The third kappa shape index (κ3) is 1.16. The van der Waals surface area contributed by atoms with Crippen LogP contribution in [0.3, 0.4) is 0 Å². The van der Waals surface area contributed by atoms with E-state index in [0.29, 0.717) is 13.2 Å². The van der Waals surface area contributed by atoms with Crippen LogP contribution in [-0.2, 0) is 10.3 Å². The lowest BCUT2D eigenvalue weighted by atomic mass is 10.0. The van der Waals surface area contributed by atoms with E-state index < -0.39 is 0 Å². The van der Waals surface area contributed by atoms with Crippen LogP contribution >= 0.6 is 0 Å². The van der Waals surface area contributed by atoms with Crippen molar-refractivity contribution in [2.45, 2.75) is 12.5 Å². The molecule has 3 rings (SSSR count). The first-order valence-corrected chi connectivity index (χ1v) is 4.82. The van der Waals surface area contributed by atoms with E-state index in [1.165, 1.54) is 5.56 Å². The number of epoxide rings is 1. The normalized spacial score (nSPS) is 28.6. The lowest BCUT2D eigenvalue weighted by Gasteiger charge is -2.19. The molecule has 1 aromatic rings. The number of rotatable bonds is 1. The van der Waals surface area contributed by atoms with Gasteiger partial charge in [0.05, 0.1) is 6.61 Å². The summed E-state index contributed by atoms with van der Waals surface area (Å²) < 4.78 is 16.3. The fourth-order valence-corrected chi connectivity index (χ4v) is 1.65. The highest BCUT2D eigenvalue weighted by Crippen LogP contribution is 2.42. The smallest absolute Gasteiger partial charge is 0.161 e. The Labute approximate surface area is 82.6 Å². The zero-order valence-electron chi connectivity index (χ0n) is 8.08. The quantitative estimate of drug-likeness (QED) is 0.634. The molecule has 0 spiro atoms. The Balaban J connectivity index is 2.01. The molecule has 2 aliphatic heterocycles. The molecule has 74 valence electrons. The van der Waals surface area contributed by atoms with E-state index in [0.717, 1.165) is 18.1 Å². The molecule has 1 aromatic carbocycles. The van der Waals surface area contributed by atoms with Gasteiger partial charge in [0.2, 0.25) is 0 Å². The summed E-state index contributed by atoms with van der Waals surface area (Å²) in [7, 11) is 0. The Morgan fingerprint density at radius 2 is 1.86 bits per heavy atom. The Kier molecular flexibility index (Phi) is 1.53. The Bertz CT molecular complexity index is 369. The SMILES string of the molecule is CC1(c2ccc3c(c2)OCCO3)CO1. The van der Waals surface area contributed by atoms with E-state index >= 15 is 0 Å². The molecule has 0 amide bonds. The number of fused-ring (bicyclic) bond motifs is 1. The predicted molar refractivity (Wildman–Crippen MR) is 50.7 cm³/mol. The van der Waals surface area contributed by atoms with Crippen LogP contribution in [0.2, 0.25) is 0 Å². The van der Waals surface area contributed by atoms with Gasteiger partial charge in [-0.05, 0) is 24.6 Å². The van der Waals surface area contributed by atoms with Crippen LogP contribution in [-0.4, -0.2) is 19.8 Å². The van der Waals surface area contributed by atoms with Crippen molar-refractivity contribution in [3.8, 4) is 11.5 Å². The van der Waals surface area contributed by atoms with Crippen molar-refractivity contribution >= 4 is 0 Å². The maximum atomic E-state index is 5.51. The average molecular weight is 192 g/mol. The van der Waals surface area contributed by atoms with E-state index in [1.54, 1.807) is 0 Å². The number of hydrogen-bond donors (Lipinski definition) is 0.